The summed E-state index contributed by atoms with van der Waals surface area (Å²) >= 11 is -0.129. The topological polar surface area (TPSA) is 284 Å². The normalized spacial score (nSPS) is 34.5. The molecule has 0 bridgehead atoms. The second kappa shape index (κ2) is 19.9. The van der Waals surface area contributed by atoms with Crippen LogP contribution in [0.5, 0.6) is 0 Å². The van der Waals surface area contributed by atoms with Crippen molar-refractivity contribution in [3.63, 3.8) is 0 Å². The molecule has 19 nitrogen and oxygen atoms in total. The Labute approximate surface area is 292 Å². The zero-order valence-electron chi connectivity index (χ0n) is 21.3. The Morgan fingerprint density at radius 3 is 2.13 bits per heavy atom. The van der Waals surface area contributed by atoms with E-state index in [1.54, 1.807) is 0 Å². The Morgan fingerprint density at radius 2 is 1.64 bits per heavy atom. The number of aliphatic hydroxyl groups excluding tert-OH is 3. The van der Waals surface area contributed by atoms with Crippen LogP contribution in [0.4, 0.5) is 0 Å². The van der Waals surface area contributed by atoms with Crippen molar-refractivity contribution >= 4 is 34.6 Å². The van der Waals surface area contributed by atoms with E-state index in [2.05, 4.69) is 18.9 Å². The number of hydrogen-bond acceptors (Lipinski definition) is 19. The first kappa shape index (κ1) is 42.9. The molecule has 2 aliphatic heterocycles. The molecule has 24 heteroatoms. The van der Waals surface area contributed by atoms with Gasteiger partial charge in [0.05, 0.1) is 12.6 Å². The zero-order chi connectivity index (χ0) is 27.2. The molecule has 0 saturated carbocycles. The van der Waals surface area contributed by atoms with Gasteiger partial charge in [0.15, 0.2) is 24.9 Å². The molecule has 1 amide bonds. The number of methoxy groups -OCH3 is 1. The smallest absolute Gasteiger partial charge is 0.726 e. The molecule has 4 N–H and O–H groups in total. The van der Waals surface area contributed by atoms with Crippen molar-refractivity contribution in [2.45, 2.75) is 68.3 Å². The largest absolute Gasteiger partial charge is 1.00 e. The third-order valence-corrected chi connectivity index (χ3v) is 5.76. The number of aliphatic carboxylic acids is 1. The Balaban J connectivity index is 0. The third-order valence-electron chi connectivity index (χ3n) is 4.92. The molecular weight excluding hydrogens is 615 g/mol. The van der Waals surface area contributed by atoms with Crippen molar-refractivity contribution in [2.24, 2.45) is 0 Å². The molecule has 0 aliphatic carbocycles. The molecule has 0 radical (unpaired) electrons. The predicted octanol–water partition coefficient (Wildman–Crippen LogP) is -15.5. The number of aliphatic hydroxyl groups is 3. The van der Waals surface area contributed by atoms with E-state index in [0.29, 0.717) is 0 Å². The number of ether oxygens (including phenoxy) is 4. The fourth-order valence-corrected chi connectivity index (χ4v) is 4.12. The first-order valence-corrected chi connectivity index (χ1v) is 11.7. The molecule has 2 aliphatic rings. The van der Waals surface area contributed by atoms with Crippen molar-refractivity contribution in [3.8, 4) is 0 Å². The van der Waals surface area contributed by atoms with Crippen LogP contribution in [0.3, 0.4) is 0 Å². The molecule has 0 aromatic heterocycles. The minimum atomic E-state index is -5.26. The van der Waals surface area contributed by atoms with Crippen LogP contribution >= 0.6 is 12.3 Å². The van der Waals surface area contributed by atoms with Crippen LogP contribution in [-0.2, 0) is 56.7 Å². The Bertz CT molecular complexity index is 860. The molecule has 0 aromatic carbocycles. The molecule has 2 heterocycles. The van der Waals surface area contributed by atoms with Gasteiger partial charge in [0.25, 0.3) is 0 Å². The summed E-state index contributed by atoms with van der Waals surface area (Å²) in [6, 6.07) is -1.40. The van der Waals surface area contributed by atoms with E-state index in [9.17, 15) is 48.2 Å². The van der Waals surface area contributed by atoms with Crippen LogP contribution in [0.25, 0.3) is 0 Å². The predicted molar refractivity (Wildman–Crippen MR) is 100 cm³/mol. The second-order valence-electron chi connectivity index (χ2n) is 7.28. The molecule has 2 fully saturated rings. The number of nitrogens with one attached hydrogen (secondary N) is 1. The summed E-state index contributed by atoms with van der Waals surface area (Å²) in [7, 11) is -4.16. The quantitative estimate of drug-likeness (QED) is 0.0294. The van der Waals surface area contributed by atoms with Crippen molar-refractivity contribution in [1.29, 1.82) is 0 Å². The Kier molecular flexibility index (Phi) is 21.9. The maximum atomic E-state index is 11.8. The first-order chi connectivity index (χ1) is 16.8. The summed E-state index contributed by atoms with van der Waals surface area (Å²) in [6.07, 6.45) is -16.9. The summed E-state index contributed by atoms with van der Waals surface area (Å²) in [5, 5.41) is 57.1. The fourth-order valence-electron chi connectivity index (χ4n) is 3.44. The molecule has 39 heavy (non-hydrogen) atoms. The van der Waals surface area contributed by atoms with Gasteiger partial charge in [-0.2, -0.15) is 0 Å². The summed E-state index contributed by atoms with van der Waals surface area (Å²) in [5.74, 6) is -2.67. The summed E-state index contributed by atoms with van der Waals surface area (Å²) in [5.41, 5.74) is 0. The van der Waals surface area contributed by atoms with Crippen LogP contribution in [0.2, 0.25) is 0 Å². The third kappa shape index (κ3) is 12.7. The van der Waals surface area contributed by atoms with Crippen molar-refractivity contribution in [1.82, 2.24) is 5.32 Å². The van der Waals surface area contributed by atoms with Gasteiger partial charge in [-0.3, -0.25) is 18.2 Å². The van der Waals surface area contributed by atoms with Gasteiger partial charge in [0.1, 0.15) is 48.8 Å². The number of carboxylic acid groups (broad SMARTS) is 1. The van der Waals surface area contributed by atoms with E-state index in [1.165, 1.54) is 0 Å². The molecule has 0 aromatic rings. The fraction of sp³-hybridized carbons (Fsp3) is 0.867. The van der Waals surface area contributed by atoms with Gasteiger partial charge in [-0.05, 0) is 0 Å². The number of rotatable bonds is 12. The molecule has 2 saturated heterocycles. The average molecular weight is 637 g/mol. The van der Waals surface area contributed by atoms with Crippen molar-refractivity contribution in [3.05, 3.63) is 0 Å². The standard InChI is InChI=1S/C15H25NO18S2.3Na/c1-4(17)16-6-11(30-15-9(20)7(18)8(19)12(31-15)13(21)22)10(32-35-34-33-23)5(29-14(6)27-2)3-28-36(24,25)26;;;/h5-12,14-15,18-20,23H,3H2,1-2H3,(H,16,17)(H,21,22)(H,24,25,26);;;/q;3*+1/p-3/t5?,6?,7-,8+,9?,10-,11+,12?,14+,15+;;;/m0.../s1. The second-order valence-corrected chi connectivity index (χ2v) is 8.80. The summed E-state index contributed by atoms with van der Waals surface area (Å²) in [6.45, 7) is 0.0407. The SMILES string of the molecule is CO[C@@H]1OC(COS(=O)(=O)[O-])[C@H](OSOO[O-])[C@H](O[C@@H]2OC(C(=O)[O-])[C@H](O)[C@H](O)C2O)C1NC(C)=O.[Na+].[Na+].[Na+]. The van der Waals surface area contributed by atoms with E-state index < -0.39 is 90.2 Å². The van der Waals surface area contributed by atoms with Crippen LogP contribution in [0.15, 0.2) is 0 Å². The Morgan fingerprint density at radius 1 is 1.03 bits per heavy atom. The van der Waals surface area contributed by atoms with Gasteiger partial charge in [0, 0.05) is 14.0 Å². The monoisotopic (exact) mass is 637 g/mol. The van der Waals surface area contributed by atoms with Gasteiger partial charge in [0.2, 0.25) is 16.3 Å². The molecule has 0 spiro atoms. The van der Waals surface area contributed by atoms with E-state index in [1.807, 2.05) is 0 Å². The van der Waals surface area contributed by atoms with Gasteiger partial charge >= 0.3 is 88.7 Å². The number of carbonyl (C=O) groups is 2. The summed E-state index contributed by atoms with van der Waals surface area (Å²) < 4.78 is 67.4. The molecule has 2 rings (SSSR count). The minimum Gasteiger partial charge on any atom is -0.726 e. The van der Waals surface area contributed by atoms with Crippen molar-refractivity contribution in [2.75, 3.05) is 13.7 Å². The van der Waals surface area contributed by atoms with Gasteiger partial charge in [-0.15, -0.1) is 4.33 Å². The van der Waals surface area contributed by atoms with Gasteiger partial charge in [-0.1, -0.05) is 0 Å². The van der Waals surface area contributed by atoms with Crippen LogP contribution < -0.4 is 104 Å². The number of carboxylic acids is 1. The number of amides is 1. The number of hydrogen-bond donors (Lipinski definition) is 4. The minimum absolute atomic E-state index is 0. The first-order valence-electron chi connectivity index (χ1n) is 9.71. The van der Waals surface area contributed by atoms with Crippen LogP contribution in [-0.4, -0.2) is 115 Å². The van der Waals surface area contributed by atoms with Gasteiger partial charge in [-0.25, -0.2) is 8.42 Å². The van der Waals surface area contributed by atoms with E-state index >= 15 is 0 Å². The van der Waals surface area contributed by atoms with E-state index in [0.717, 1.165) is 14.0 Å². The maximum absolute atomic E-state index is 11.8. The molecular formula is C15H22NNa3O18S2. The van der Waals surface area contributed by atoms with Crippen LogP contribution in [0, 0.1) is 0 Å². The van der Waals surface area contributed by atoms with Crippen molar-refractivity contribution < 1.29 is 174 Å². The Hall–Kier alpha value is 1.72. The number of carbonyl (C=O) groups excluding carboxylic acids is 2. The molecule has 10 atom stereocenters. The van der Waals surface area contributed by atoms with Gasteiger partial charge < -0.3 is 59.3 Å². The van der Waals surface area contributed by atoms with E-state index in [4.69, 9.17) is 23.1 Å². The summed E-state index contributed by atoms with van der Waals surface area (Å²) in [4.78, 5) is 23.1. The molecule has 210 valence electrons. The molecule has 4 unspecified atom stereocenters. The van der Waals surface area contributed by atoms with E-state index in [-0.39, 0.29) is 101 Å². The maximum Gasteiger partial charge on any atom is 1.00 e. The zero-order valence-corrected chi connectivity index (χ0v) is 28.9. The average Bonchev–Trinajstić information content (AvgIpc) is 2.79. The van der Waals surface area contributed by atoms with Crippen LogP contribution in [0.1, 0.15) is 6.92 Å².